The highest BCUT2D eigenvalue weighted by Gasteiger charge is 2.61. The van der Waals surface area contributed by atoms with Crippen molar-refractivity contribution < 1.29 is 19.8 Å². The first-order valence-electron chi connectivity index (χ1n) is 7.78. The third-order valence-corrected chi connectivity index (χ3v) is 5.30. The lowest BCUT2D eigenvalue weighted by atomic mass is 9.74. The van der Waals surface area contributed by atoms with Crippen LogP contribution in [0.15, 0.2) is 30.3 Å². The van der Waals surface area contributed by atoms with Crippen LogP contribution in [0.3, 0.4) is 0 Å². The van der Waals surface area contributed by atoms with Gasteiger partial charge < -0.3 is 15.5 Å². The molecular weight excluding hydrogens is 282 g/mol. The lowest BCUT2D eigenvalue weighted by Crippen LogP contribution is -2.59. The van der Waals surface area contributed by atoms with Crippen molar-refractivity contribution in [3.8, 4) is 0 Å². The van der Waals surface area contributed by atoms with E-state index in [-0.39, 0.29) is 11.8 Å². The number of carboxylic acids is 2. The van der Waals surface area contributed by atoms with Crippen molar-refractivity contribution in [3.05, 3.63) is 35.9 Å². The van der Waals surface area contributed by atoms with Crippen molar-refractivity contribution in [3.63, 3.8) is 0 Å². The molecule has 22 heavy (non-hydrogen) atoms. The SMILES string of the molecule is O=C(O)[C@@H]1CC2CC1[C@@](NCCc1ccccc1)(C(=O)O)C2. The van der Waals surface area contributed by atoms with Gasteiger partial charge in [-0.25, -0.2) is 0 Å². The van der Waals surface area contributed by atoms with Crippen molar-refractivity contribution in [2.75, 3.05) is 6.54 Å². The van der Waals surface area contributed by atoms with Crippen LogP contribution in [0, 0.1) is 17.8 Å². The maximum atomic E-state index is 11.9. The summed E-state index contributed by atoms with van der Waals surface area (Å²) in [5, 5.41) is 22.3. The van der Waals surface area contributed by atoms with E-state index >= 15 is 0 Å². The molecule has 4 atom stereocenters. The van der Waals surface area contributed by atoms with Gasteiger partial charge in [-0.2, -0.15) is 0 Å². The summed E-state index contributed by atoms with van der Waals surface area (Å²) in [6.07, 6.45) is 2.62. The van der Waals surface area contributed by atoms with Gasteiger partial charge in [-0.3, -0.25) is 9.59 Å². The highest BCUT2D eigenvalue weighted by Crippen LogP contribution is 2.54. The molecule has 2 unspecified atom stereocenters. The second-order valence-electron chi connectivity index (χ2n) is 6.53. The summed E-state index contributed by atoms with van der Waals surface area (Å²) in [7, 11) is 0. The van der Waals surface area contributed by atoms with Crippen LogP contribution >= 0.6 is 0 Å². The fraction of sp³-hybridized carbons (Fsp3) is 0.529. The largest absolute Gasteiger partial charge is 0.481 e. The van der Waals surface area contributed by atoms with E-state index < -0.39 is 23.4 Å². The molecule has 0 saturated heterocycles. The molecule has 1 aromatic carbocycles. The van der Waals surface area contributed by atoms with E-state index in [0.29, 0.717) is 25.8 Å². The lowest BCUT2D eigenvalue weighted by Gasteiger charge is -2.37. The Labute approximate surface area is 129 Å². The Morgan fingerprint density at radius 3 is 2.50 bits per heavy atom. The minimum absolute atomic E-state index is 0.214. The summed E-state index contributed by atoms with van der Waals surface area (Å²) in [4.78, 5) is 23.2. The predicted molar refractivity (Wildman–Crippen MR) is 80.5 cm³/mol. The Hall–Kier alpha value is -1.88. The highest BCUT2D eigenvalue weighted by molar-refractivity contribution is 5.82. The second kappa shape index (κ2) is 5.72. The van der Waals surface area contributed by atoms with Crippen LogP contribution < -0.4 is 5.32 Å². The van der Waals surface area contributed by atoms with Crippen LogP contribution in [0.1, 0.15) is 24.8 Å². The Morgan fingerprint density at radius 2 is 1.91 bits per heavy atom. The van der Waals surface area contributed by atoms with Crippen LogP contribution in [-0.2, 0) is 16.0 Å². The monoisotopic (exact) mass is 303 g/mol. The van der Waals surface area contributed by atoms with Gasteiger partial charge in [0.15, 0.2) is 0 Å². The fourth-order valence-corrected chi connectivity index (χ4v) is 4.33. The number of benzene rings is 1. The van der Waals surface area contributed by atoms with E-state index in [1.807, 2.05) is 30.3 Å². The van der Waals surface area contributed by atoms with Crippen molar-refractivity contribution >= 4 is 11.9 Å². The molecular formula is C17H21NO4. The number of aliphatic carboxylic acids is 2. The van der Waals surface area contributed by atoms with Crippen LogP contribution in [0.2, 0.25) is 0 Å². The van der Waals surface area contributed by atoms with Crippen molar-refractivity contribution in [1.82, 2.24) is 5.32 Å². The van der Waals surface area contributed by atoms with E-state index in [4.69, 9.17) is 0 Å². The smallest absolute Gasteiger partial charge is 0.324 e. The van der Waals surface area contributed by atoms with Gasteiger partial charge in [0.2, 0.25) is 0 Å². The Morgan fingerprint density at radius 1 is 1.18 bits per heavy atom. The Bertz CT molecular complexity index is 573. The molecule has 118 valence electrons. The maximum Gasteiger partial charge on any atom is 0.324 e. The summed E-state index contributed by atoms with van der Waals surface area (Å²) < 4.78 is 0. The third kappa shape index (κ3) is 2.50. The molecule has 3 N–H and O–H groups in total. The summed E-state index contributed by atoms with van der Waals surface area (Å²) in [6, 6.07) is 9.88. The molecule has 5 heteroatoms. The van der Waals surface area contributed by atoms with Crippen LogP contribution in [0.5, 0.6) is 0 Å². The van der Waals surface area contributed by atoms with Crippen LogP contribution in [-0.4, -0.2) is 34.2 Å². The van der Waals surface area contributed by atoms with E-state index in [9.17, 15) is 19.8 Å². The molecule has 2 fully saturated rings. The molecule has 2 bridgehead atoms. The first kappa shape index (κ1) is 15.0. The summed E-state index contributed by atoms with van der Waals surface area (Å²) >= 11 is 0. The average molecular weight is 303 g/mol. The molecule has 0 spiro atoms. The van der Waals surface area contributed by atoms with Gasteiger partial charge in [-0.15, -0.1) is 0 Å². The van der Waals surface area contributed by atoms with Crippen molar-refractivity contribution in [2.24, 2.45) is 17.8 Å². The topological polar surface area (TPSA) is 86.6 Å². The zero-order chi connectivity index (χ0) is 15.7. The third-order valence-electron chi connectivity index (χ3n) is 5.30. The molecule has 0 aliphatic heterocycles. The van der Waals surface area contributed by atoms with Crippen LogP contribution in [0.25, 0.3) is 0 Å². The molecule has 1 aromatic rings. The van der Waals surface area contributed by atoms with Crippen LogP contribution in [0.4, 0.5) is 0 Å². The number of nitrogens with one attached hydrogen (secondary N) is 1. The standard InChI is InChI=1S/C17H21NO4/c19-15(20)13-8-12-9-14(13)17(10-12,16(21)22)18-7-6-11-4-2-1-3-5-11/h1-5,12-14,18H,6-10H2,(H,19,20)(H,21,22)/t12?,13-,14?,17-/m1/s1. The molecule has 2 aliphatic carbocycles. The number of fused-ring (bicyclic) bond motifs is 2. The Balaban J connectivity index is 1.70. The zero-order valence-corrected chi connectivity index (χ0v) is 12.4. The number of carboxylic acid groups (broad SMARTS) is 2. The van der Waals surface area contributed by atoms with E-state index in [2.05, 4.69) is 5.32 Å². The zero-order valence-electron chi connectivity index (χ0n) is 12.4. The fourth-order valence-electron chi connectivity index (χ4n) is 4.33. The number of rotatable bonds is 6. The van der Waals surface area contributed by atoms with Gasteiger partial charge in [0.05, 0.1) is 5.92 Å². The van der Waals surface area contributed by atoms with Gasteiger partial charge in [-0.05, 0) is 37.2 Å². The van der Waals surface area contributed by atoms with E-state index in [0.717, 1.165) is 12.0 Å². The molecule has 2 aliphatic rings. The summed E-state index contributed by atoms with van der Waals surface area (Å²) in [6.45, 7) is 0.547. The number of hydrogen-bond acceptors (Lipinski definition) is 3. The van der Waals surface area contributed by atoms with Crippen molar-refractivity contribution in [2.45, 2.75) is 31.2 Å². The first-order valence-corrected chi connectivity index (χ1v) is 7.78. The first-order chi connectivity index (χ1) is 10.5. The van der Waals surface area contributed by atoms with Gasteiger partial charge in [0.1, 0.15) is 5.54 Å². The summed E-state index contributed by atoms with van der Waals surface area (Å²) in [5.74, 6) is -2.38. The lowest BCUT2D eigenvalue weighted by molar-refractivity contribution is -0.153. The maximum absolute atomic E-state index is 11.9. The predicted octanol–water partition coefficient (Wildman–Crippen LogP) is 1.77. The average Bonchev–Trinajstić information content (AvgIpc) is 3.07. The van der Waals surface area contributed by atoms with Gasteiger partial charge in [0, 0.05) is 12.5 Å². The number of hydrogen-bond donors (Lipinski definition) is 3. The quantitative estimate of drug-likeness (QED) is 0.745. The molecule has 0 radical (unpaired) electrons. The van der Waals surface area contributed by atoms with Gasteiger partial charge in [0.25, 0.3) is 0 Å². The molecule has 5 nitrogen and oxygen atoms in total. The Kier molecular flexibility index (Phi) is 3.91. The number of carbonyl (C=O) groups is 2. The molecule has 0 aromatic heterocycles. The second-order valence-corrected chi connectivity index (χ2v) is 6.53. The van der Waals surface area contributed by atoms with Gasteiger partial charge in [-0.1, -0.05) is 30.3 Å². The van der Waals surface area contributed by atoms with Gasteiger partial charge >= 0.3 is 11.9 Å². The van der Waals surface area contributed by atoms with E-state index in [1.54, 1.807) is 0 Å². The molecule has 3 rings (SSSR count). The van der Waals surface area contributed by atoms with Crippen molar-refractivity contribution in [1.29, 1.82) is 0 Å². The summed E-state index contributed by atoms with van der Waals surface area (Å²) in [5.41, 5.74) is 0.0780. The molecule has 0 amide bonds. The molecule has 2 saturated carbocycles. The minimum Gasteiger partial charge on any atom is -0.481 e. The van der Waals surface area contributed by atoms with E-state index in [1.165, 1.54) is 0 Å². The normalized spacial score (nSPS) is 33.0. The highest BCUT2D eigenvalue weighted by atomic mass is 16.4. The minimum atomic E-state index is -1.07. The molecule has 0 heterocycles.